The van der Waals surface area contributed by atoms with Gasteiger partial charge in [0.15, 0.2) is 0 Å². The van der Waals surface area contributed by atoms with E-state index in [4.69, 9.17) is 28.3 Å². The van der Waals surface area contributed by atoms with Crippen LogP contribution in [-0.4, -0.2) is 22.9 Å². The molecule has 1 rings (SSSR count). The number of benzene rings is 1. The summed E-state index contributed by atoms with van der Waals surface area (Å²) in [5.41, 5.74) is 0.746. The van der Waals surface area contributed by atoms with Gasteiger partial charge in [-0.15, -0.1) is 0 Å². The van der Waals surface area contributed by atoms with Crippen LogP contribution in [0.5, 0.6) is 0 Å². The molecule has 0 aromatic heterocycles. The lowest BCUT2D eigenvalue weighted by molar-refractivity contribution is 0.0955. The van der Waals surface area contributed by atoms with Crippen molar-refractivity contribution in [3.63, 3.8) is 0 Å². The van der Waals surface area contributed by atoms with Gasteiger partial charge in [0.25, 0.3) is 0 Å². The molecule has 0 bridgehead atoms. The fourth-order valence-corrected chi connectivity index (χ4v) is 1.42. The monoisotopic (exact) mass is 220 g/mol. The largest absolute Gasteiger partial charge is 0.394 e. The summed E-state index contributed by atoms with van der Waals surface area (Å²) in [4.78, 5) is 0. The van der Waals surface area contributed by atoms with Crippen molar-refractivity contribution >= 4 is 23.2 Å². The Morgan fingerprint density at radius 1 is 1.31 bits per heavy atom. The minimum absolute atomic E-state index is 0.275. The van der Waals surface area contributed by atoms with Crippen molar-refractivity contribution in [3.8, 4) is 0 Å². The fraction of sp³-hybridized carbons (Fsp3) is 0.333. The van der Waals surface area contributed by atoms with E-state index in [1.165, 1.54) is 0 Å². The highest BCUT2D eigenvalue weighted by Gasteiger charge is 2.08. The van der Waals surface area contributed by atoms with Crippen LogP contribution < -0.4 is 0 Å². The Bertz CT molecular complexity index is 289. The van der Waals surface area contributed by atoms with E-state index in [0.29, 0.717) is 16.5 Å². The molecule has 0 heterocycles. The number of hydrogen-bond acceptors (Lipinski definition) is 2. The van der Waals surface area contributed by atoms with E-state index in [-0.39, 0.29) is 6.61 Å². The molecular weight excluding hydrogens is 211 g/mol. The van der Waals surface area contributed by atoms with E-state index in [1.807, 2.05) is 0 Å². The first-order chi connectivity index (χ1) is 6.15. The van der Waals surface area contributed by atoms with Gasteiger partial charge in [0.05, 0.1) is 22.8 Å². The van der Waals surface area contributed by atoms with Crippen molar-refractivity contribution in [1.82, 2.24) is 0 Å². The zero-order chi connectivity index (χ0) is 9.84. The summed E-state index contributed by atoms with van der Waals surface area (Å²) in [5.74, 6) is 0. The number of aliphatic hydroxyl groups excluding tert-OH is 2. The summed E-state index contributed by atoms with van der Waals surface area (Å²) >= 11 is 11.6. The average molecular weight is 221 g/mol. The summed E-state index contributed by atoms with van der Waals surface area (Å²) in [6.45, 7) is -0.275. The van der Waals surface area contributed by atoms with Crippen LogP contribution >= 0.6 is 23.2 Å². The number of aliphatic hydroxyl groups is 2. The summed E-state index contributed by atoms with van der Waals surface area (Å²) in [7, 11) is 0. The standard InChI is InChI=1S/C9H10Cl2O2/c10-8-3-1-2-6(9(8)11)4-7(13)5-12/h1-3,7,12-13H,4-5H2/t7-/m0/s1. The van der Waals surface area contributed by atoms with E-state index in [0.717, 1.165) is 5.56 Å². The predicted molar refractivity (Wildman–Crippen MR) is 53.3 cm³/mol. The van der Waals surface area contributed by atoms with Crippen LogP contribution in [0.4, 0.5) is 0 Å². The maximum atomic E-state index is 9.17. The molecule has 2 N–H and O–H groups in total. The van der Waals surface area contributed by atoms with Crippen LogP contribution in [-0.2, 0) is 6.42 Å². The van der Waals surface area contributed by atoms with Crippen LogP contribution in [0, 0.1) is 0 Å². The van der Waals surface area contributed by atoms with E-state index < -0.39 is 6.10 Å². The van der Waals surface area contributed by atoms with Crippen molar-refractivity contribution in [1.29, 1.82) is 0 Å². The van der Waals surface area contributed by atoms with Crippen molar-refractivity contribution in [2.45, 2.75) is 12.5 Å². The molecule has 0 fully saturated rings. The van der Waals surface area contributed by atoms with E-state index in [9.17, 15) is 5.11 Å². The van der Waals surface area contributed by atoms with Gasteiger partial charge in [-0.05, 0) is 11.6 Å². The molecule has 0 saturated carbocycles. The third-order valence-electron chi connectivity index (χ3n) is 1.70. The lowest BCUT2D eigenvalue weighted by Crippen LogP contribution is -2.15. The molecule has 0 aliphatic rings. The van der Waals surface area contributed by atoms with Crippen molar-refractivity contribution < 1.29 is 10.2 Å². The van der Waals surface area contributed by atoms with E-state index >= 15 is 0 Å². The van der Waals surface area contributed by atoms with Crippen LogP contribution in [0.3, 0.4) is 0 Å². The van der Waals surface area contributed by atoms with Gasteiger partial charge in [-0.2, -0.15) is 0 Å². The summed E-state index contributed by atoms with van der Waals surface area (Å²) in [6, 6.07) is 5.21. The zero-order valence-corrected chi connectivity index (χ0v) is 8.39. The summed E-state index contributed by atoms with van der Waals surface area (Å²) < 4.78 is 0. The van der Waals surface area contributed by atoms with Gasteiger partial charge >= 0.3 is 0 Å². The Morgan fingerprint density at radius 2 is 2.00 bits per heavy atom. The fourth-order valence-electron chi connectivity index (χ4n) is 1.02. The third-order valence-corrected chi connectivity index (χ3v) is 2.56. The van der Waals surface area contributed by atoms with Gasteiger partial charge in [0.2, 0.25) is 0 Å². The first kappa shape index (κ1) is 10.8. The highest BCUT2D eigenvalue weighted by molar-refractivity contribution is 6.42. The molecule has 2 nitrogen and oxygen atoms in total. The second kappa shape index (κ2) is 4.82. The topological polar surface area (TPSA) is 40.5 Å². The Hall–Kier alpha value is -0.280. The van der Waals surface area contributed by atoms with Gasteiger partial charge in [-0.3, -0.25) is 0 Å². The third kappa shape index (κ3) is 2.85. The van der Waals surface area contributed by atoms with Gasteiger partial charge in [0.1, 0.15) is 0 Å². The van der Waals surface area contributed by atoms with Gasteiger partial charge < -0.3 is 10.2 Å². The van der Waals surface area contributed by atoms with Crippen LogP contribution in [0.1, 0.15) is 5.56 Å². The second-order valence-corrected chi connectivity index (χ2v) is 3.54. The molecule has 72 valence electrons. The minimum atomic E-state index is -0.782. The van der Waals surface area contributed by atoms with E-state index in [2.05, 4.69) is 0 Å². The van der Waals surface area contributed by atoms with Crippen LogP contribution in [0.2, 0.25) is 10.0 Å². The zero-order valence-electron chi connectivity index (χ0n) is 6.87. The molecule has 0 aliphatic heterocycles. The lowest BCUT2D eigenvalue weighted by atomic mass is 10.1. The Balaban J connectivity index is 2.83. The lowest BCUT2D eigenvalue weighted by Gasteiger charge is -2.09. The second-order valence-electron chi connectivity index (χ2n) is 2.75. The smallest absolute Gasteiger partial charge is 0.0811 e. The number of halogens is 2. The maximum absolute atomic E-state index is 9.17. The van der Waals surface area contributed by atoms with Crippen molar-refractivity contribution in [2.24, 2.45) is 0 Å². The van der Waals surface area contributed by atoms with Crippen LogP contribution in [0.15, 0.2) is 18.2 Å². The Labute approximate surface area is 86.7 Å². The molecule has 1 aromatic carbocycles. The molecular formula is C9H10Cl2O2. The average Bonchev–Trinajstić information content (AvgIpc) is 2.13. The molecule has 1 atom stereocenters. The molecule has 0 aliphatic carbocycles. The Morgan fingerprint density at radius 3 is 2.62 bits per heavy atom. The molecule has 13 heavy (non-hydrogen) atoms. The van der Waals surface area contributed by atoms with Crippen LogP contribution in [0.25, 0.3) is 0 Å². The normalized spacial score (nSPS) is 12.9. The molecule has 0 radical (unpaired) electrons. The van der Waals surface area contributed by atoms with Crippen molar-refractivity contribution in [3.05, 3.63) is 33.8 Å². The molecule has 0 unspecified atom stereocenters. The predicted octanol–water partition coefficient (Wildman–Crippen LogP) is 1.89. The maximum Gasteiger partial charge on any atom is 0.0811 e. The highest BCUT2D eigenvalue weighted by Crippen LogP contribution is 2.26. The molecule has 1 aromatic rings. The number of hydrogen-bond donors (Lipinski definition) is 2. The first-order valence-electron chi connectivity index (χ1n) is 3.87. The molecule has 4 heteroatoms. The van der Waals surface area contributed by atoms with Gasteiger partial charge in [0, 0.05) is 6.42 Å². The molecule has 0 saturated heterocycles. The summed E-state index contributed by atoms with van der Waals surface area (Å²) in [5, 5.41) is 18.7. The Kier molecular flexibility index (Phi) is 4.00. The molecule has 0 amide bonds. The van der Waals surface area contributed by atoms with Crippen molar-refractivity contribution in [2.75, 3.05) is 6.61 Å². The SMILES string of the molecule is OC[C@@H](O)Cc1cccc(Cl)c1Cl. The number of rotatable bonds is 3. The first-order valence-corrected chi connectivity index (χ1v) is 4.62. The van der Waals surface area contributed by atoms with E-state index in [1.54, 1.807) is 18.2 Å². The minimum Gasteiger partial charge on any atom is -0.394 e. The van der Waals surface area contributed by atoms with Gasteiger partial charge in [-0.1, -0.05) is 35.3 Å². The summed E-state index contributed by atoms with van der Waals surface area (Å²) in [6.07, 6.45) is -0.466. The quantitative estimate of drug-likeness (QED) is 0.818. The van der Waals surface area contributed by atoms with Gasteiger partial charge in [-0.25, -0.2) is 0 Å². The highest BCUT2D eigenvalue weighted by atomic mass is 35.5. The molecule has 0 spiro atoms.